The van der Waals surface area contributed by atoms with E-state index >= 15 is 0 Å². The number of hydrogen-bond acceptors (Lipinski definition) is 3. The first kappa shape index (κ1) is 20.0. The van der Waals surface area contributed by atoms with E-state index in [0.717, 1.165) is 23.3 Å². The third-order valence-electron chi connectivity index (χ3n) is 3.69. The molecule has 0 aliphatic carbocycles. The summed E-state index contributed by atoms with van der Waals surface area (Å²) in [5.41, 5.74) is 7.78. The highest BCUT2D eigenvalue weighted by Gasteiger charge is 2.09. The van der Waals surface area contributed by atoms with E-state index in [9.17, 15) is 4.79 Å². The van der Waals surface area contributed by atoms with Gasteiger partial charge in [0.2, 0.25) is 5.91 Å². The third-order valence-corrected chi connectivity index (χ3v) is 3.69. The van der Waals surface area contributed by atoms with Crippen LogP contribution in [0.3, 0.4) is 0 Å². The van der Waals surface area contributed by atoms with Crippen molar-refractivity contribution in [3.8, 4) is 5.75 Å². The molecule has 24 heavy (non-hydrogen) atoms. The van der Waals surface area contributed by atoms with Gasteiger partial charge in [0.05, 0.1) is 0 Å². The first-order valence-electron chi connectivity index (χ1n) is 7.92. The van der Waals surface area contributed by atoms with E-state index in [1.165, 1.54) is 0 Å². The van der Waals surface area contributed by atoms with Crippen LogP contribution in [0.5, 0.6) is 5.75 Å². The van der Waals surface area contributed by atoms with Crippen molar-refractivity contribution >= 4 is 18.3 Å². The molecule has 1 unspecified atom stereocenters. The van der Waals surface area contributed by atoms with Gasteiger partial charge in [0.25, 0.3) is 0 Å². The average Bonchev–Trinajstić information content (AvgIpc) is 2.61. The van der Waals surface area contributed by atoms with E-state index < -0.39 is 0 Å². The van der Waals surface area contributed by atoms with Gasteiger partial charge in [0, 0.05) is 19.0 Å². The molecule has 2 aromatic rings. The molecular formula is C19H25ClN2O2. The second-order valence-electron chi connectivity index (χ2n) is 5.60. The number of benzene rings is 2. The molecule has 0 aromatic heterocycles. The van der Waals surface area contributed by atoms with E-state index in [1.807, 2.05) is 61.5 Å². The van der Waals surface area contributed by atoms with Crippen molar-refractivity contribution < 1.29 is 9.53 Å². The zero-order valence-electron chi connectivity index (χ0n) is 13.9. The van der Waals surface area contributed by atoms with Crippen LogP contribution in [0.4, 0.5) is 0 Å². The van der Waals surface area contributed by atoms with Crippen LogP contribution < -0.4 is 15.8 Å². The second-order valence-corrected chi connectivity index (χ2v) is 5.60. The molecule has 0 saturated carbocycles. The normalized spacial score (nSPS) is 11.2. The maximum Gasteiger partial charge on any atom is 0.224 e. The zero-order valence-corrected chi connectivity index (χ0v) is 14.7. The Morgan fingerprint density at radius 2 is 1.75 bits per heavy atom. The summed E-state index contributed by atoms with van der Waals surface area (Å²) in [7, 11) is 0. The number of carbonyl (C=O) groups is 1. The van der Waals surface area contributed by atoms with Crippen molar-refractivity contribution in [3.05, 3.63) is 65.7 Å². The number of amides is 1. The van der Waals surface area contributed by atoms with Crippen molar-refractivity contribution in [1.82, 2.24) is 5.32 Å². The minimum Gasteiger partial charge on any atom is -0.489 e. The van der Waals surface area contributed by atoms with Crippen molar-refractivity contribution in [2.24, 2.45) is 11.7 Å². The van der Waals surface area contributed by atoms with Crippen LogP contribution in [0.25, 0.3) is 0 Å². The van der Waals surface area contributed by atoms with Crippen LogP contribution >= 0.6 is 12.4 Å². The number of rotatable bonds is 8. The zero-order chi connectivity index (χ0) is 16.5. The summed E-state index contributed by atoms with van der Waals surface area (Å²) in [6.07, 6.45) is 0.794. The Hall–Kier alpha value is -2.04. The highest BCUT2D eigenvalue weighted by molar-refractivity contribution is 5.85. The lowest BCUT2D eigenvalue weighted by Crippen LogP contribution is -2.34. The molecule has 0 spiro atoms. The van der Waals surface area contributed by atoms with Crippen molar-refractivity contribution in [3.63, 3.8) is 0 Å². The van der Waals surface area contributed by atoms with Gasteiger partial charge in [0.1, 0.15) is 12.4 Å². The van der Waals surface area contributed by atoms with Crippen molar-refractivity contribution in [1.29, 1.82) is 0 Å². The molecule has 0 saturated heterocycles. The molecule has 1 amide bonds. The summed E-state index contributed by atoms with van der Waals surface area (Å²) < 4.78 is 5.75. The highest BCUT2D eigenvalue weighted by atomic mass is 35.5. The second kappa shape index (κ2) is 10.7. The number of nitrogens with two attached hydrogens (primary N) is 1. The van der Waals surface area contributed by atoms with Gasteiger partial charge in [-0.05, 0) is 29.7 Å². The molecular weight excluding hydrogens is 324 g/mol. The smallest absolute Gasteiger partial charge is 0.224 e. The Bertz CT molecular complexity index is 603. The fourth-order valence-corrected chi connectivity index (χ4v) is 2.10. The lowest BCUT2D eigenvalue weighted by Gasteiger charge is -2.10. The minimum absolute atomic E-state index is 0. The SMILES string of the molecule is CC(CN)C(=O)NCCc1ccc(OCc2ccccc2)cc1.Cl. The molecule has 1 atom stereocenters. The molecule has 5 heteroatoms. The van der Waals surface area contributed by atoms with Crippen LogP contribution in [-0.2, 0) is 17.8 Å². The van der Waals surface area contributed by atoms with Crippen molar-refractivity contribution in [2.45, 2.75) is 20.0 Å². The van der Waals surface area contributed by atoms with Gasteiger partial charge in [-0.3, -0.25) is 4.79 Å². The number of nitrogens with one attached hydrogen (secondary N) is 1. The van der Waals surface area contributed by atoms with Crippen LogP contribution in [0.1, 0.15) is 18.1 Å². The van der Waals surface area contributed by atoms with E-state index in [-0.39, 0.29) is 24.2 Å². The van der Waals surface area contributed by atoms with Gasteiger partial charge >= 0.3 is 0 Å². The monoisotopic (exact) mass is 348 g/mol. The van der Waals surface area contributed by atoms with Gasteiger partial charge in [0.15, 0.2) is 0 Å². The standard InChI is InChI=1S/C19H24N2O2.ClH/c1-15(13-20)19(22)21-12-11-16-7-9-18(10-8-16)23-14-17-5-3-2-4-6-17;/h2-10,15H,11-14,20H2,1H3,(H,21,22);1H. The summed E-state index contributed by atoms with van der Waals surface area (Å²) in [6.45, 7) is 3.38. The predicted molar refractivity (Wildman–Crippen MR) is 99.4 cm³/mol. The van der Waals surface area contributed by atoms with Crippen LogP contribution in [0.15, 0.2) is 54.6 Å². The molecule has 130 valence electrons. The first-order chi connectivity index (χ1) is 11.2. The van der Waals surface area contributed by atoms with E-state index in [4.69, 9.17) is 10.5 Å². The molecule has 3 N–H and O–H groups in total. The molecule has 0 aliphatic rings. The summed E-state index contributed by atoms with van der Waals surface area (Å²) >= 11 is 0. The number of ether oxygens (including phenoxy) is 1. The third kappa shape index (κ3) is 6.60. The average molecular weight is 349 g/mol. The number of carbonyl (C=O) groups excluding carboxylic acids is 1. The summed E-state index contributed by atoms with van der Waals surface area (Å²) in [5, 5.41) is 2.89. The lowest BCUT2D eigenvalue weighted by molar-refractivity contribution is -0.124. The van der Waals surface area contributed by atoms with Gasteiger partial charge in [-0.15, -0.1) is 12.4 Å². The lowest BCUT2D eigenvalue weighted by atomic mass is 10.1. The summed E-state index contributed by atoms with van der Waals surface area (Å²) in [4.78, 5) is 11.6. The quantitative estimate of drug-likeness (QED) is 0.771. The number of halogens is 1. The minimum atomic E-state index is -0.135. The Morgan fingerprint density at radius 1 is 1.08 bits per heavy atom. The van der Waals surface area contributed by atoms with E-state index in [0.29, 0.717) is 19.7 Å². The Morgan fingerprint density at radius 3 is 2.38 bits per heavy atom. The van der Waals surface area contributed by atoms with E-state index in [1.54, 1.807) is 0 Å². The van der Waals surface area contributed by atoms with Gasteiger partial charge < -0.3 is 15.8 Å². The van der Waals surface area contributed by atoms with Crippen LogP contribution in [0, 0.1) is 5.92 Å². The number of hydrogen-bond donors (Lipinski definition) is 2. The topological polar surface area (TPSA) is 64.4 Å². The maximum absolute atomic E-state index is 11.6. The Balaban J connectivity index is 0.00000288. The highest BCUT2D eigenvalue weighted by Crippen LogP contribution is 2.14. The van der Waals surface area contributed by atoms with Crippen LogP contribution in [-0.4, -0.2) is 19.0 Å². The summed E-state index contributed by atoms with van der Waals surface area (Å²) in [6, 6.07) is 18.1. The van der Waals surface area contributed by atoms with Gasteiger partial charge in [-0.1, -0.05) is 49.4 Å². The van der Waals surface area contributed by atoms with Crippen LogP contribution in [0.2, 0.25) is 0 Å². The molecule has 0 aliphatic heterocycles. The summed E-state index contributed by atoms with van der Waals surface area (Å²) in [5.74, 6) is 0.720. The van der Waals surface area contributed by atoms with Gasteiger partial charge in [-0.2, -0.15) is 0 Å². The van der Waals surface area contributed by atoms with E-state index in [2.05, 4.69) is 5.32 Å². The van der Waals surface area contributed by atoms with Crippen molar-refractivity contribution in [2.75, 3.05) is 13.1 Å². The molecule has 0 radical (unpaired) electrons. The Labute approximate surface area is 149 Å². The first-order valence-corrected chi connectivity index (χ1v) is 7.92. The Kier molecular flexibility index (Phi) is 8.90. The largest absolute Gasteiger partial charge is 0.489 e. The maximum atomic E-state index is 11.6. The fourth-order valence-electron chi connectivity index (χ4n) is 2.10. The molecule has 2 aromatic carbocycles. The molecule has 0 heterocycles. The fraction of sp³-hybridized carbons (Fsp3) is 0.316. The predicted octanol–water partition coefficient (Wildman–Crippen LogP) is 2.94. The molecule has 0 bridgehead atoms. The molecule has 2 rings (SSSR count). The molecule has 0 fully saturated rings. The van der Waals surface area contributed by atoms with Gasteiger partial charge in [-0.25, -0.2) is 0 Å². The molecule has 4 nitrogen and oxygen atoms in total.